The molecule has 1 fully saturated rings. The first kappa shape index (κ1) is 13.1. The summed E-state index contributed by atoms with van der Waals surface area (Å²) in [4.78, 5) is 24.8. The summed E-state index contributed by atoms with van der Waals surface area (Å²) in [7, 11) is 0. The van der Waals surface area contributed by atoms with Gasteiger partial charge in [0, 0.05) is 24.4 Å². The van der Waals surface area contributed by atoms with Crippen LogP contribution in [0.1, 0.15) is 23.8 Å². The van der Waals surface area contributed by atoms with Gasteiger partial charge < -0.3 is 4.74 Å². The number of hydrogen-bond acceptors (Lipinski definition) is 4. The normalized spacial score (nSPS) is 19.3. The maximum Gasteiger partial charge on any atom is 0.356 e. The minimum atomic E-state index is -0.458. The quantitative estimate of drug-likeness (QED) is 0.672. The number of alkyl halides is 1. The highest BCUT2D eigenvalue weighted by Gasteiger charge is 2.31. The van der Waals surface area contributed by atoms with E-state index in [1.807, 2.05) is 0 Å². The number of nitrogens with one attached hydrogen (secondary N) is 1. The summed E-state index contributed by atoms with van der Waals surface area (Å²) in [6.45, 7) is 2.67. The molecule has 1 aromatic heterocycles. The Hall–Kier alpha value is -1.37. The third-order valence-electron chi connectivity index (χ3n) is 2.76. The predicted molar refractivity (Wildman–Crippen MR) is 68.8 cm³/mol. The number of amides is 1. The third kappa shape index (κ3) is 2.55. The fraction of sp³-hybridized carbons (Fsp3) is 0.545. The number of carbonyl (C=O) groups is 2. The first-order valence-corrected chi connectivity index (χ1v) is 6.86. The van der Waals surface area contributed by atoms with Crippen molar-refractivity contribution in [3.8, 4) is 0 Å². The Kier molecular flexibility index (Phi) is 4.00. The van der Waals surface area contributed by atoms with Crippen molar-refractivity contribution in [1.82, 2.24) is 10.2 Å². The number of H-pyrrole nitrogens is 1. The van der Waals surface area contributed by atoms with Crippen LogP contribution < -0.4 is 4.90 Å². The van der Waals surface area contributed by atoms with Crippen molar-refractivity contribution < 1.29 is 14.3 Å². The smallest absolute Gasteiger partial charge is 0.356 e. The molecule has 6 nitrogen and oxygen atoms in total. The minimum Gasteiger partial charge on any atom is -0.461 e. The fourth-order valence-electron chi connectivity index (χ4n) is 1.87. The molecule has 1 amide bonds. The van der Waals surface area contributed by atoms with Crippen molar-refractivity contribution in [2.75, 3.05) is 23.4 Å². The number of ether oxygens (including phenoxy) is 1. The van der Waals surface area contributed by atoms with Gasteiger partial charge in [0.25, 0.3) is 0 Å². The van der Waals surface area contributed by atoms with E-state index >= 15 is 0 Å². The van der Waals surface area contributed by atoms with Crippen LogP contribution in [0.4, 0.5) is 5.82 Å². The van der Waals surface area contributed by atoms with Crippen LogP contribution >= 0.6 is 15.9 Å². The van der Waals surface area contributed by atoms with Crippen molar-refractivity contribution in [2.45, 2.75) is 13.3 Å². The van der Waals surface area contributed by atoms with E-state index in [9.17, 15) is 9.59 Å². The van der Waals surface area contributed by atoms with Crippen LogP contribution in [0, 0.1) is 5.92 Å². The van der Waals surface area contributed by atoms with E-state index in [4.69, 9.17) is 4.74 Å². The van der Waals surface area contributed by atoms with Crippen molar-refractivity contribution in [1.29, 1.82) is 0 Å². The summed E-state index contributed by atoms with van der Waals surface area (Å²) >= 11 is 3.37. The molecular weight excluding hydrogens is 302 g/mol. The first-order chi connectivity index (χ1) is 8.65. The zero-order valence-electron chi connectivity index (χ0n) is 9.98. The predicted octanol–water partition coefficient (Wildman–Crippen LogP) is 1.33. The van der Waals surface area contributed by atoms with Crippen molar-refractivity contribution in [3.05, 3.63) is 11.8 Å². The summed E-state index contributed by atoms with van der Waals surface area (Å²) in [6, 6.07) is 1.55. The number of halogens is 1. The van der Waals surface area contributed by atoms with Gasteiger partial charge in [0.05, 0.1) is 6.61 Å². The van der Waals surface area contributed by atoms with Crippen LogP contribution in [0.15, 0.2) is 6.07 Å². The third-order valence-corrected chi connectivity index (χ3v) is 3.68. The zero-order valence-corrected chi connectivity index (χ0v) is 11.6. The molecule has 1 unspecified atom stereocenters. The lowest BCUT2D eigenvalue weighted by Gasteiger charge is -2.11. The van der Waals surface area contributed by atoms with E-state index in [-0.39, 0.29) is 11.6 Å². The van der Waals surface area contributed by atoms with Crippen LogP contribution in [0.3, 0.4) is 0 Å². The molecule has 0 bridgehead atoms. The van der Waals surface area contributed by atoms with Gasteiger partial charge in [-0.1, -0.05) is 15.9 Å². The molecule has 1 aromatic rings. The van der Waals surface area contributed by atoms with Gasteiger partial charge >= 0.3 is 5.97 Å². The molecule has 18 heavy (non-hydrogen) atoms. The Labute approximate surface area is 113 Å². The molecule has 0 saturated carbocycles. The van der Waals surface area contributed by atoms with E-state index in [2.05, 4.69) is 26.1 Å². The highest BCUT2D eigenvalue weighted by molar-refractivity contribution is 9.09. The number of aromatic amines is 1. The van der Waals surface area contributed by atoms with Gasteiger partial charge in [0.2, 0.25) is 5.91 Å². The molecule has 98 valence electrons. The number of hydrogen-bond donors (Lipinski definition) is 1. The van der Waals surface area contributed by atoms with Gasteiger partial charge in [-0.3, -0.25) is 14.8 Å². The van der Waals surface area contributed by atoms with E-state index in [1.165, 1.54) is 0 Å². The van der Waals surface area contributed by atoms with Gasteiger partial charge in [0.1, 0.15) is 5.69 Å². The molecule has 1 atom stereocenters. The second kappa shape index (κ2) is 5.51. The summed E-state index contributed by atoms with van der Waals surface area (Å²) in [6.07, 6.45) is 0.507. The average Bonchev–Trinajstić information content (AvgIpc) is 2.95. The molecule has 1 aliphatic heterocycles. The largest absolute Gasteiger partial charge is 0.461 e. The Morgan fingerprint density at radius 3 is 3.11 bits per heavy atom. The van der Waals surface area contributed by atoms with Gasteiger partial charge in [-0.25, -0.2) is 4.79 Å². The number of esters is 1. The fourth-order valence-corrected chi connectivity index (χ4v) is 2.30. The molecule has 0 radical (unpaired) electrons. The molecule has 0 aliphatic carbocycles. The standard InChI is InChI=1S/C11H14BrN3O3/c1-2-18-11(17)8-4-9(14-13-8)15-6-7(5-12)3-10(15)16/h4,7H,2-3,5-6H2,1H3,(H,13,14). The second-order valence-corrected chi connectivity index (χ2v) is 4.74. The average molecular weight is 316 g/mol. The molecule has 2 rings (SSSR count). The molecule has 1 N–H and O–H groups in total. The Morgan fingerprint density at radius 1 is 1.72 bits per heavy atom. The maximum atomic E-state index is 11.8. The highest BCUT2D eigenvalue weighted by Crippen LogP contribution is 2.25. The zero-order chi connectivity index (χ0) is 13.1. The van der Waals surface area contributed by atoms with E-state index < -0.39 is 5.97 Å². The number of aromatic nitrogens is 2. The summed E-state index contributed by atoms with van der Waals surface area (Å²) in [5, 5.41) is 7.36. The van der Waals surface area contributed by atoms with Crippen molar-refractivity contribution in [3.63, 3.8) is 0 Å². The van der Waals surface area contributed by atoms with Crippen molar-refractivity contribution >= 4 is 33.6 Å². The van der Waals surface area contributed by atoms with Crippen LogP contribution in [-0.4, -0.2) is 40.6 Å². The SMILES string of the molecule is CCOC(=O)c1cc(N2CC(CBr)CC2=O)n[nH]1. The van der Waals surface area contributed by atoms with Gasteiger partial charge in [-0.2, -0.15) is 5.10 Å². The summed E-state index contributed by atoms with van der Waals surface area (Å²) < 4.78 is 4.85. The molecule has 2 heterocycles. The Morgan fingerprint density at radius 2 is 2.50 bits per heavy atom. The van der Waals surface area contributed by atoms with Crippen LogP contribution in [0.5, 0.6) is 0 Å². The monoisotopic (exact) mass is 315 g/mol. The lowest BCUT2D eigenvalue weighted by atomic mass is 10.2. The summed E-state index contributed by atoms with van der Waals surface area (Å²) in [5.41, 5.74) is 0.266. The minimum absolute atomic E-state index is 0.0290. The Bertz CT molecular complexity index is 460. The van der Waals surface area contributed by atoms with Gasteiger partial charge in [-0.05, 0) is 12.8 Å². The van der Waals surface area contributed by atoms with Crippen LogP contribution in [-0.2, 0) is 9.53 Å². The van der Waals surface area contributed by atoms with Crippen LogP contribution in [0.2, 0.25) is 0 Å². The lowest BCUT2D eigenvalue weighted by molar-refractivity contribution is -0.117. The molecule has 0 spiro atoms. The maximum absolute atomic E-state index is 11.8. The van der Waals surface area contributed by atoms with Crippen molar-refractivity contribution in [2.24, 2.45) is 5.92 Å². The Balaban J connectivity index is 2.11. The molecule has 1 saturated heterocycles. The summed E-state index contributed by atoms with van der Waals surface area (Å²) in [5.74, 6) is 0.341. The first-order valence-electron chi connectivity index (χ1n) is 5.74. The molecule has 7 heteroatoms. The second-order valence-electron chi connectivity index (χ2n) is 4.09. The number of nitrogens with zero attached hydrogens (tertiary/aromatic N) is 2. The van der Waals surface area contributed by atoms with E-state index in [1.54, 1.807) is 17.9 Å². The number of carbonyl (C=O) groups excluding carboxylic acids is 2. The molecule has 0 aromatic carbocycles. The number of rotatable bonds is 4. The number of anilines is 1. The highest BCUT2D eigenvalue weighted by atomic mass is 79.9. The lowest BCUT2D eigenvalue weighted by Crippen LogP contribution is -2.25. The van der Waals surface area contributed by atoms with Gasteiger partial charge in [0.15, 0.2) is 5.82 Å². The van der Waals surface area contributed by atoms with E-state index in [0.29, 0.717) is 31.3 Å². The molecular formula is C11H14BrN3O3. The molecule has 1 aliphatic rings. The van der Waals surface area contributed by atoms with Crippen LogP contribution in [0.25, 0.3) is 0 Å². The van der Waals surface area contributed by atoms with Gasteiger partial charge in [-0.15, -0.1) is 0 Å². The van der Waals surface area contributed by atoms with E-state index in [0.717, 1.165) is 5.33 Å². The topological polar surface area (TPSA) is 75.3 Å².